The Hall–Kier alpha value is -1.42. The van der Waals surface area contributed by atoms with Gasteiger partial charge in [-0.3, -0.25) is 0 Å². The van der Waals surface area contributed by atoms with Gasteiger partial charge in [0, 0.05) is 12.6 Å². The molecule has 0 aliphatic rings. The van der Waals surface area contributed by atoms with Crippen molar-refractivity contribution in [3.05, 3.63) is 29.2 Å². The van der Waals surface area contributed by atoms with E-state index < -0.39 is 0 Å². The number of nitrogens with zero attached hydrogens (tertiary/aromatic N) is 3. The van der Waals surface area contributed by atoms with Gasteiger partial charge in [0.25, 0.3) is 0 Å². The van der Waals surface area contributed by atoms with Gasteiger partial charge in [0.05, 0.1) is 11.9 Å². The summed E-state index contributed by atoms with van der Waals surface area (Å²) < 4.78 is 1.61. The van der Waals surface area contributed by atoms with Crippen LogP contribution in [0, 0.1) is 5.41 Å². The highest BCUT2D eigenvalue weighted by Crippen LogP contribution is 2.07. The van der Waals surface area contributed by atoms with Crippen LogP contribution in [-0.4, -0.2) is 20.8 Å². The Morgan fingerprint density at radius 3 is 3.15 bits per heavy atom. The maximum absolute atomic E-state index is 6.94. The van der Waals surface area contributed by atoms with Crippen LogP contribution >= 0.6 is 11.6 Å². The number of fused-ring (bicyclic) bond motifs is 1. The summed E-state index contributed by atoms with van der Waals surface area (Å²) in [6, 6.07) is 3.49. The Balaban J connectivity index is 2.55. The molecule has 2 rings (SSSR count). The van der Waals surface area contributed by atoms with Gasteiger partial charge >= 0.3 is 0 Å². The third-order valence-corrected chi connectivity index (χ3v) is 1.85. The highest BCUT2D eigenvalue weighted by atomic mass is 35.5. The molecule has 0 bridgehead atoms. The van der Waals surface area contributed by atoms with Crippen molar-refractivity contribution in [2.75, 3.05) is 0 Å². The molecule has 1 N–H and O–H groups in total. The number of nitrogens with one attached hydrogen (secondary N) is 1. The van der Waals surface area contributed by atoms with Crippen molar-refractivity contribution in [2.24, 2.45) is 0 Å². The van der Waals surface area contributed by atoms with Gasteiger partial charge in [0.2, 0.25) is 0 Å². The molecule has 0 saturated heterocycles. The Kier molecular flexibility index (Phi) is 1.98. The topological polar surface area (TPSA) is 54.0 Å². The number of rotatable bonds is 2. The van der Waals surface area contributed by atoms with Gasteiger partial charge in [-0.25, -0.2) is 9.50 Å². The standard InChI is InChI=1S/C8H7ClN4/c9-7-1-2-8-11-6(3-4-10)5-13(8)12-7/h1-2,4-5,10H,3H2. The van der Waals surface area contributed by atoms with E-state index in [0.717, 1.165) is 11.3 Å². The molecule has 2 heterocycles. The predicted molar refractivity (Wildman–Crippen MR) is 50.5 cm³/mol. The number of hydrogen-bond donors (Lipinski definition) is 1. The minimum Gasteiger partial charge on any atom is -0.313 e. The zero-order valence-electron chi connectivity index (χ0n) is 6.74. The molecule has 0 unspecified atom stereocenters. The molecule has 0 saturated carbocycles. The summed E-state index contributed by atoms with van der Waals surface area (Å²) in [6.07, 6.45) is 3.61. The first-order chi connectivity index (χ1) is 6.29. The lowest BCUT2D eigenvalue weighted by molar-refractivity contribution is 0.934. The molecular weight excluding hydrogens is 188 g/mol. The van der Waals surface area contributed by atoms with E-state index in [9.17, 15) is 0 Å². The van der Waals surface area contributed by atoms with Crippen LogP contribution in [-0.2, 0) is 6.42 Å². The van der Waals surface area contributed by atoms with E-state index in [1.54, 1.807) is 22.8 Å². The summed E-state index contributed by atoms with van der Waals surface area (Å²) in [5, 5.41) is 11.4. The SMILES string of the molecule is N=CCc1cn2nc(Cl)ccc2n1. The molecule has 13 heavy (non-hydrogen) atoms. The molecule has 66 valence electrons. The summed E-state index contributed by atoms with van der Waals surface area (Å²) in [5.41, 5.74) is 1.58. The normalized spacial score (nSPS) is 10.5. The fourth-order valence-electron chi connectivity index (χ4n) is 1.11. The number of imidazole rings is 1. The van der Waals surface area contributed by atoms with Crippen LogP contribution in [0.25, 0.3) is 5.65 Å². The third kappa shape index (κ3) is 1.53. The van der Waals surface area contributed by atoms with E-state index in [-0.39, 0.29) is 0 Å². The Morgan fingerprint density at radius 2 is 2.38 bits per heavy atom. The van der Waals surface area contributed by atoms with Crippen LogP contribution in [0.5, 0.6) is 0 Å². The van der Waals surface area contributed by atoms with Crippen molar-refractivity contribution in [1.82, 2.24) is 14.6 Å². The zero-order valence-corrected chi connectivity index (χ0v) is 7.49. The Bertz CT molecular complexity index is 448. The summed E-state index contributed by atoms with van der Waals surface area (Å²) in [4.78, 5) is 4.23. The number of aromatic nitrogens is 3. The Morgan fingerprint density at radius 1 is 1.54 bits per heavy atom. The van der Waals surface area contributed by atoms with E-state index >= 15 is 0 Å². The van der Waals surface area contributed by atoms with E-state index in [0.29, 0.717) is 11.6 Å². The first-order valence-corrected chi connectivity index (χ1v) is 4.17. The van der Waals surface area contributed by atoms with E-state index in [1.807, 2.05) is 0 Å². The third-order valence-electron chi connectivity index (χ3n) is 1.65. The predicted octanol–water partition coefficient (Wildman–Crippen LogP) is 1.57. The van der Waals surface area contributed by atoms with Crippen LogP contribution in [0.15, 0.2) is 18.3 Å². The largest absolute Gasteiger partial charge is 0.313 e. The van der Waals surface area contributed by atoms with E-state index in [2.05, 4.69) is 10.1 Å². The van der Waals surface area contributed by atoms with Gasteiger partial charge in [-0.2, -0.15) is 5.10 Å². The second-order valence-electron chi connectivity index (χ2n) is 2.60. The van der Waals surface area contributed by atoms with Crippen LogP contribution < -0.4 is 0 Å². The molecule has 2 aromatic rings. The number of hydrogen-bond acceptors (Lipinski definition) is 3. The smallest absolute Gasteiger partial charge is 0.153 e. The molecule has 0 spiro atoms. The van der Waals surface area contributed by atoms with Crippen molar-refractivity contribution in [3.63, 3.8) is 0 Å². The molecule has 0 radical (unpaired) electrons. The molecular formula is C8H7ClN4. The number of halogens is 1. The molecule has 0 aromatic carbocycles. The quantitative estimate of drug-likeness (QED) is 0.738. The summed E-state index contributed by atoms with van der Waals surface area (Å²) >= 11 is 5.70. The van der Waals surface area contributed by atoms with Crippen molar-refractivity contribution in [2.45, 2.75) is 6.42 Å². The molecule has 0 aliphatic heterocycles. The molecule has 0 amide bonds. The summed E-state index contributed by atoms with van der Waals surface area (Å²) in [7, 11) is 0. The van der Waals surface area contributed by atoms with Gasteiger partial charge in [-0.05, 0) is 12.1 Å². The van der Waals surface area contributed by atoms with Gasteiger partial charge < -0.3 is 5.41 Å². The maximum atomic E-state index is 6.94. The van der Waals surface area contributed by atoms with Crippen LogP contribution in [0.2, 0.25) is 5.15 Å². The van der Waals surface area contributed by atoms with Gasteiger partial charge in [-0.15, -0.1) is 0 Å². The van der Waals surface area contributed by atoms with Crippen molar-refractivity contribution in [3.8, 4) is 0 Å². The monoisotopic (exact) mass is 194 g/mol. The highest BCUT2D eigenvalue weighted by molar-refractivity contribution is 6.29. The Labute approximate surface area is 79.7 Å². The van der Waals surface area contributed by atoms with Gasteiger partial charge in [-0.1, -0.05) is 11.6 Å². The van der Waals surface area contributed by atoms with Crippen LogP contribution in [0.3, 0.4) is 0 Å². The van der Waals surface area contributed by atoms with Crippen molar-refractivity contribution >= 4 is 23.5 Å². The summed E-state index contributed by atoms with van der Waals surface area (Å²) in [5.74, 6) is 0. The van der Waals surface area contributed by atoms with Crippen molar-refractivity contribution < 1.29 is 0 Å². The highest BCUT2D eigenvalue weighted by Gasteiger charge is 2.00. The fourth-order valence-corrected chi connectivity index (χ4v) is 1.26. The maximum Gasteiger partial charge on any atom is 0.153 e. The van der Waals surface area contributed by atoms with Crippen LogP contribution in [0.4, 0.5) is 0 Å². The lowest BCUT2D eigenvalue weighted by Gasteiger charge is -1.90. The molecule has 0 aliphatic carbocycles. The second-order valence-corrected chi connectivity index (χ2v) is 2.99. The molecule has 5 heteroatoms. The first-order valence-electron chi connectivity index (χ1n) is 3.79. The lowest BCUT2D eigenvalue weighted by atomic mass is 10.4. The fraction of sp³-hybridized carbons (Fsp3) is 0.125. The average molecular weight is 195 g/mol. The van der Waals surface area contributed by atoms with Gasteiger partial charge in [0.1, 0.15) is 5.15 Å². The molecule has 0 fully saturated rings. The molecule has 2 aromatic heterocycles. The van der Waals surface area contributed by atoms with Gasteiger partial charge in [0.15, 0.2) is 5.65 Å². The second kappa shape index (κ2) is 3.14. The minimum absolute atomic E-state index is 0.436. The zero-order chi connectivity index (χ0) is 9.26. The average Bonchev–Trinajstić information content (AvgIpc) is 2.46. The van der Waals surface area contributed by atoms with Crippen molar-refractivity contribution in [1.29, 1.82) is 5.41 Å². The molecule has 4 nitrogen and oxygen atoms in total. The minimum atomic E-state index is 0.436. The molecule has 0 atom stereocenters. The lowest BCUT2D eigenvalue weighted by Crippen LogP contribution is -1.88. The van der Waals surface area contributed by atoms with Crippen LogP contribution in [0.1, 0.15) is 5.69 Å². The van der Waals surface area contributed by atoms with E-state index in [1.165, 1.54) is 6.21 Å². The first kappa shape index (κ1) is 8.19. The van der Waals surface area contributed by atoms with E-state index in [4.69, 9.17) is 17.0 Å². The summed E-state index contributed by atoms with van der Waals surface area (Å²) in [6.45, 7) is 0.